The number of fused-ring (bicyclic) bond motifs is 1. The number of piperazine rings is 1. The maximum atomic E-state index is 13.6. The van der Waals surface area contributed by atoms with Crippen molar-refractivity contribution >= 4 is 10.9 Å². The first-order valence-electron chi connectivity index (χ1n) is 9.58. The molecule has 3 aromatic rings. The first-order chi connectivity index (χ1) is 13.6. The van der Waals surface area contributed by atoms with Gasteiger partial charge in [-0.15, -0.1) is 0 Å². The molecule has 0 radical (unpaired) electrons. The summed E-state index contributed by atoms with van der Waals surface area (Å²) in [7, 11) is 1.62. The Kier molecular flexibility index (Phi) is 5.36. The summed E-state index contributed by atoms with van der Waals surface area (Å²) in [5.41, 5.74) is 1.75. The molecule has 1 saturated heterocycles. The van der Waals surface area contributed by atoms with E-state index in [0.29, 0.717) is 5.39 Å². The Bertz CT molecular complexity index is 1030. The highest BCUT2D eigenvalue weighted by Crippen LogP contribution is 2.18. The molecule has 4 rings (SSSR count). The van der Waals surface area contributed by atoms with Gasteiger partial charge in [-0.25, -0.2) is 9.07 Å². The number of quaternary nitrogens is 2. The molecule has 28 heavy (non-hydrogen) atoms. The van der Waals surface area contributed by atoms with E-state index in [2.05, 4.69) is 5.10 Å². The molecule has 0 saturated carbocycles. The van der Waals surface area contributed by atoms with Crippen LogP contribution in [0.2, 0.25) is 0 Å². The Morgan fingerprint density at radius 1 is 1.11 bits per heavy atom. The van der Waals surface area contributed by atoms with Gasteiger partial charge in [0, 0.05) is 5.39 Å². The minimum atomic E-state index is -0.226. The van der Waals surface area contributed by atoms with Crippen LogP contribution in [-0.2, 0) is 13.2 Å². The van der Waals surface area contributed by atoms with Gasteiger partial charge >= 0.3 is 0 Å². The number of methoxy groups -OCH3 is 1. The molecule has 1 fully saturated rings. The minimum Gasteiger partial charge on any atom is -0.496 e. The number of halogens is 1. The van der Waals surface area contributed by atoms with Crippen molar-refractivity contribution in [1.82, 2.24) is 9.78 Å². The van der Waals surface area contributed by atoms with Crippen LogP contribution in [0.4, 0.5) is 4.39 Å². The summed E-state index contributed by atoms with van der Waals surface area (Å²) >= 11 is 0. The Morgan fingerprint density at radius 2 is 1.86 bits per heavy atom. The molecule has 146 valence electrons. The van der Waals surface area contributed by atoms with Gasteiger partial charge in [-0.1, -0.05) is 12.1 Å². The Morgan fingerprint density at radius 3 is 2.64 bits per heavy atom. The Labute approximate surface area is 162 Å². The second kappa shape index (κ2) is 8.08. The van der Waals surface area contributed by atoms with Gasteiger partial charge in [0.1, 0.15) is 44.3 Å². The number of nitrogens with zero attached hydrogens (tertiary/aromatic N) is 2. The van der Waals surface area contributed by atoms with Gasteiger partial charge in [0.15, 0.2) is 6.67 Å². The zero-order valence-corrected chi connectivity index (χ0v) is 16.0. The summed E-state index contributed by atoms with van der Waals surface area (Å²) in [6.45, 7) is 5.47. The van der Waals surface area contributed by atoms with Crippen LogP contribution < -0.4 is 20.0 Å². The molecule has 0 aliphatic carbocycles. The predicted octanol–water partition coefficient (Wildman–Crippen LogP) is -0.515. The molecule has 7 heteroatoms. The van der Waals surface area contributed by atoms with E-state index in [-0.39, 0.29) is 11.2 Å². The maximum Gasteiger partial charge on any atom is 0.207 e. The lowest BCUT2D eigenvalue weighted by atomic mass is 10.1. The molecule has 2 aromatic carbocycles. The third-order valence-electron chi connectivity index (χ3n) is 5.48. The monoisotopic (exact) mass is 384 g/mol. The molecular formula is C21H25FN4O2+2. The lowest BCUT2D eigenvalue weighted by molar-refractivity contribution is -1.03. The Balaban J connectivity index is 1.41. The highest BCUT2D eigenvalue weighted by atomic mass is 19.1. The summed E-state index contributed by atoms with van der Waals surface area (Å²) in [6, 6.07) is 12.3. The molecule has 1 aliphatic rings. The number of hydrogen-bond donors (Lipinski definition) is 2. The fourth-order valence-electron chi connectivity index (χ4n) is 3.95. The summed E-state index contributed by atoms with van der Waals surface area (Å²) in [6.07, 6.45) is 1.40. The number of nitrogens with one attached hydrogen (secondary N) is 2. The minimum absolute atomic E-state index is 0.0415. The molecule has 1 aromatic heterocycles. The first kappa shape index (κ1) is 18.6. The van der Waals surface area contributed by atoms with Crippen molar-refractivity contribution in [3.05, 3.63) is 70.3 Å². The van der Waals surface area contributed by atoms with E-state index in [1.54, 1.807) is 19.2 Å². The second-order valence-corrected chi connectivity index (χ2v) is 7.32. The van der Waals surface area contributed by atoms with Crippen LogP contribution in [0.15, 0.2) is 53.5 Å². The van der Waals surface area contributed by atoms with Gasteiger partial charge < -0.3 is 14.5 Å². The van der Waals surface area contributed by atoms with E-state index in [4.69, 9.17) is 4.74 Å². The molecule has 1 aliphatic heterocycles. The smallest absolute Gasteiger partial charge is 0.207 e. The van der Waals surface area contributed by atoms with Crippen LogP contribution in [0.5, 0.6) is 5.75 Å². The van der Waals surface area contributed by atoms with Crippen molar-refractivity contribution in [3.63, 3.8) is 0 Å². The second-order valence-electron chi connectivity index (χ2n) is 7.32. The van der Waals surface area contributed by atoms with Gasteiger partial charge in [0.05, 0.1) is 24.4 Å². The van der Waals surface area contributed by atoms with Gasteiger partial charge in [-0.05, 0) is 30.3 Å². The average molecular weight is 384 g/mol. The standard InChI is InChI=1S/C21H23FN4O2/c1-28-21-7-6-17(22)12-16(21)14-24-8-10-25(11-9-24)15-26-19-5-3-2-4-18(19)20(27)13-23-26/h2-7,12-13H,8-11,14-15H2,1H3/p+2. The molecule has 6 nitrogen and oxygen atoms in total. The third kappa shape index (κ3) is 3.90. The molecule has 0 spiro atoms. The molecule has 0 unspecified atom stereocenters. The lowest BCUT2D eigenvalue weighted by Crippen LogP contribution is -3.27. The lowest BCUT2D eigenvalue weighted by Gasteiger charge is -2.30. The largest absolute Gasteiger partial charge is 0.496 e. The SMILES string of the molecule is COc1ccc(F)cc1C[NH+]1CC[NH+](Cn2ncc(=O)c3ccccc32)CC1. The van der Waals surface area contributed by atoms with Gasteiger partial charge in [0.25, 0.3) is 0 Å². The molecule has 0 atom stereocenters. The number of para-hydroxylation sites is 1. The van der Waals surface area contributed by atoms with Crippen LogP contribution in [0, 0.1) is 5.82 Å². The number of aromatic nitrogens is 2. The van der Waals surface area contributed by atoms with Gasteiger partial charge in [-0.2, -0.15) is 5.10 Å². The van der Waals surface area contributed by atoms with E-state index >= 15 is 0 Å². The first-order valence-corrected chi connectivity index (χ1v) is 9.58. The molecular weight excluding hydrogens is 359 g/mol. The molecule has 2 heterocycles. The van der Waals surface area contributed by atoms with E-state index in [9.17, 15) is 9.18 Å². The molecule has 0 bridgehead atoms. The van der Waals surface area contributed by atoms with Crippen LogP contribution in [-0.4, -0.2) is 43.1 Å². The molecule has 0 amide bonds. The quantitative estimate of drug-likeness (QED) is 0.623. The summed E-state index contributed by atoms with van der Waals surface area (Å²) in [4.78, 5) is 14.8. The van der Waals surface area contributed by atoms with Crippen molar-refractivity contribution in [2.45, 2.75) is 13.2 Å². The van der Waals surface area contributed by atoms with E-state index in [1.807, 2.05) is 28.9 Å². The van der Waals surface area contributed by atoms with E-state index in [1.165, 1.54) is 22.1 Å². The van der Waals surface area contributed by atoms with Gasteiger partial charge in [-0.3, -0.25) is 4.79 Å². The van der Waals surface area contributed by atoms with Gasteiger partial charge in [0.2, 0.25) is 5.43 Å². The topological polar surface area (TPSA) is 53.0 Å². The summed E-state index contributed by atoms with van der Waals surface area (Å²) < 4.78 is 20.9. The summed E-state index contributed by atoms with van der Waals surface area (Å²) in [5, 5.41) is 5.05. The third-order valence-corrected chi connectivity index (χ3v) is 5.48. The fourth-order valence-corrected chi connectivity index (χ4v) is 3.95. The highest BCUT2D eigenvalue weighted by Gasteiger charge is 2.24. The molecule has 2 N–H and O–H groups in total. The van der Waals surface area contributed by atoms with Crippen LogP contribution >= 0.6 is 0 Å². The Hall–Kier alpha value is -2.77. The van der Waals surface area contributed by atoms with Crippen molar-refractivity contribution < 1.29 is 18.9 Å². The van der Waals surface area contributed by atoms with E-state index < -0.39 is 0 Å². The summed E-state index contributed by atoms with van der Waals surface area (Å²) in [5.74, 6) is 0.517. The zero-order chi connectivity index (χ0) is 19.5. The predicted molar refractivity (Wildman–Crippen MR) is 104 cm³/mol. The number of rotatable bonds is 5. The normalized spacial score (nSPS) is 19.6. The van der Waals surface area contributed by atoms with Crippen molar-refractivity contribution in [1.29, 1.82) is 0 Å². The van der Waals surface area contributed by atoms with Crippen LogP contribution in [0.3, 0.4) is 0 Å². The maximum absolute atomic E-state index is 13.6. The number of benzene rings is 2. The van der Waals surface area contributed by atoms with E-state index in [0.717, 1.165) is 56.2 Å². The number of ether oxygens (including phenoxy) is 1. The van der Waals surface area contributed by atoms with Crippen LogP contribution in [0.25, 0.3) is 10.9 Å². The van der Waals surface area contributed by atoms with Crippen molar-refractivity contribution in [2.75, 3.05) is 33.3 Å². The van der Waals surface area contributed by atoms with Crippen LogP contribution in [0.1, 0.15) is 5.56 Å². The zero-order valence-electron chi connectivity index (χ0n) is 16.0. The average Bonchev–Trinajstić information content (AvgIpc) is 2.72. The number of hydrogen-bond acceptors (Lipinski definition) is 3. The van der Waals surface area contributed by atoms with Crippen molar-refractivity contribution in [3.8, 4) is 5.75 Å². The fraction of sp³-hybridized carbons (Fsp3) is 0.333. The highest BCUT2D eigenvalue weighted by molar-refractivity contribution is 5.77. The van der Waals surface area contributed by atoms with Crippen molar-refractivity contribution in [2.24, 2.45) is 0 Å².